The molecule has 0 amide bonds. The number of rotatable bonds is 7. The number of fused-ring (bicyclic) bond motifs is 7. The molecule has 9 aromatic carbocycles. The average Bonchev–Trinajstić information content (AvgIpc) is 3.82. The van der Waals surface area contributed by atoms with Gasteiger partial charge in [0.05, 0.1) is 11.0 Å². The molecule has 0 bridgehead atoms. The quantitative estimate of drug-likeness (QED) is 0.161. The monoisotopic (exact) mass is 818 g/mol. The Hall–Kier alpha value is -8.21. The van der Waals surface area contributed by atoms with Gasteiger partial charge >= 0.3 is 0 Å². The van der Waals surface area contributed by atoms with Gasteiger partial charge in [-0.25, -0.2) is 4.98 Å². The fourth-order valence-electron chi connectivity index (χ4n) is 10.1. The summed E-state index contributed by atoms with van der Waals surface area (Å²) in [6, 6.07) is 77.7. The topological polar surface area (TPSA) is 43.6 Å². The van der Waals surface area contributed by atoms with Crippen LogP contribution in [-0.4, -0.2) is 19.5 Å². The second kappa shape index (κ2) is 15.0. The summed E-state index contributed by atoms with van der Waals surface area (Å²) in [5.74, 6) is 1.81. The molecule has 12 rings (SSSR count). The molecule has 0 N–H and O–H groups in total. The van der Waals surface area contributed by atoms with Crippen molar-refractivity contribution in [2.45, 2.75) is 19.3 Å². The SMILES string of the molecule is CC1(C)c2ccccc2-c2ccc3c4ccccc4n(-c4nc(-c5ccc(-c6ccccc6-c6cccc(-c7ccccc7)c6)cc5)nc(-c5ccccc5-c5ccccc5)n4)c3c21. The average molecular weight is 819 g/mol. The molecule has 0 saturated heterocycles. The highest BCUT2D eigenvalue weighted by Crippen LogP contribution is 2.53. The van der Waals surface area contributed by atoms with E-state index in [4.69, 9.17) is 15.0 Å². The molecule has 0 saturated carbocycles. The molecule has 2 heterocycles. The van der Waals surface area contributed by atoms with Crippen molar-refractivity contribution in [3.05, 3.63) is 230 Å². The first-order valence-corrected chi connectivity index (χ1v) is 21.9. The van der Waals surface area contributed by atoms with Crippen molar-refractivity contribution < 1.29 is 0 Å². The molecule has 0 unspecified atom stereocenters. The zero-order valence-electron chi connectivity index (χ0n) is 35.6. The summed E-state index contributed by atoms with van der Waals surface area (Å²) in [4.78, 5) is 16.2. The van der Waals surface area contributed by atoms with Crippen molar-refractivity contribution >= 4 is 21.8 Å². The van der Waals surface area contributed by atoms with Gasteiger partial charge in [0.25, 0.3) is 0 Å². The minimum Gasteiger partial charge on any atom is -0.277 e. The van der Waals surface area contributed by atoms with E-state index in [1.54, 1.807) is 0 Å². The van der Waals surface area contributed by atoms with E-state index in [0.717, 1.165) is 49.8 Å². The Morgan fingerprint density at radius 3 is 1.62 bits per heavy atom. The lowest BCUT2D eigenvalue weighted by molar-refractivity contribution is 0.663. The van der Waals surface area contributed by atoms with Crippen LogP contribution in [-0.2, 0) is 5.41 Å². The molecular formula is C60H42N4. The normalized spacial score (nSPS) is 12.7. The third-order valence-electron chi connectivity index (χ3n) is 13.1. The van der Waals surface area contributed by atoms with Crippen LogP contribution in [0.15, 0.2) is 218 Å². The smallest absolute Gasteiger partial charge is 0.238 e. The van der Waals surface area contributed by atoms with Crippen LogP contribution in [0, 0.1) is 0 Å². The maximum absolute atomic E-state index is 5.46. The summed E-state index contributed by atoms with van der Waals surface area (Å²) >= 11 is 0. The molecule has 1 aliphatic rings. The van der Waals surface area contributed by atoms with Gasteiger partial charge in [-0.3, -0.25) is 4.57 Å². The van der Waals surface area contributed by atoms with E-state index in [2.05, 4.69) is 237 Å². The van der Waals surface area contributed by atoms with Gasteiger partial charge in [0, 0.05) is 27.3 Å². The Kier molecular flexibility index (Phi) is 8.80. The van der Waals surface area contributed by atoms with E-state index in [1.807, 2.05) is 0 Å². The van der Waals surface area contributed by atoms with Crippen molar-refractivity contribution in [1.82, 2.24) is 19.5 Å². The van der Waals surface area contributed by atoms with Gasteiger partial charge in [0.15, 0.2) is 11.6 Å². The van der Waals surface area contributed by atoms with Crippen LogP contribution in [0.1, 0.15) is 25.0 Å². The molecule has 64 heavy (non-hydrogen) atoms. The third-order valence-corrected chi connectivity index (χ3v) is 13.1. The largest absolute Gasteiger partial charge is 0.277 e. The number of aromatic nitrogens is 4. The van der Waals surface area contributed by atoms with Crippen LogP contribution in [0.4, 0.5) is 0 Å². The van der Waals surface area contributed by atoms with E-state index in [1.165, 1.54) is 49.9 Å². The predicted molar refractivity (Wildman–Crippen MR) is 264 cm³/mol. The number of para-hydroxylation sites is 1. The lowest BCUT2D eigenvalue weighted by Gasteiger charge is -2.23. The highest BCUT2D eigenvalue weighted by Gasteiger charge is 2.38. The first-order chi connectivity index (χ1) is 31.5. The van der Waals surface area contributed by atoms with Crippen LogP contribution in [0.5, 0.6) is 0 Å². The van der Waals surface area contributed by atoms with E-state index < -0.39 is 0 Å². The molecule has 0 atom stereocenters. The number of hydrogen-bond acceptors (Lipinski definition) is 3. The Labute approximate surface area is 372 Å². The van der Waals surface area contributed by atoms with Crippen molar-refractivity contribution in [3.8, 4) is 84.4 Å². The van der Waals surface area contributed by atoms with Crippen molar-refractivity contribution in [3.63, 3.8) is 0 Å². The van der Waals surface area contributed by atoms with Crippen LogP contribution < -0.4 is 0 Å². The van der Waals surface area contributed by atoms with Crippen LogP contribution in [0.3, 0.4) is 0 Å². The van der Waals surface area contributed by atoms with E-state index in [0.29, 0.717) is 17.6 Å². The minimum absolute atomic E-state index is 0.259. The summed E-state index contributed by atoms with van der Waals surface area (Å²) in [5.41, 5.74) is 18.1. The Balaban J connectivity index is 1.05. The van der Waals surface area contributed by atoms with Gasteiger partial charge in [-0.15, -0.1) is 0 Å². The van der Waals surface area contributed by atoms with Crippen molar-refractivity contribution in [1.29, 1.82) is 0 Å². The molecule has 2 aromatic heterocycles. The zero-order chi connectivity index (χ0) is 42.8. The highest BCUT2D eigenvalue weighted by atomic mass is 15.2. The maximum atomic E-state index is 5.46. The zero-order valence-corrected chi connectivity index (χ0v) is 35.6. The van der Waals surface area contributed by atoms with Gasteiger partial charge in [-0.1, -0.05) is 220 Å². The van der Waals surface area contributed by atoms with Crippen molar-refractivity contribution in [2.75, 3.05) is 0 Å². The predicted octanol–water partition coefficient (Wildman–Crippen LogP) is 15.3. The Morgan fingerprint density at radius 2 is 0.875 bits per heavy atom. The fraction of sp³-hybridized carbons (Fsp3) is 0.0500. The Bertz CT molecular complexity index is 3570. The second-order valence-corrected chi connectivity index (χ2v) is 17.2. The first-order valence-electron chi connectivity index (χ1n) is 21.9. The van der Waals surface area contributed by atoms with Crippen LogP contribution in [0.2, 0.25) is 0 Å². The molecule has 11 aromatic rings. The molecular weight excluding hydrogens is 777 g/mol. The molecule has 1 aliphatic carbocycles. The van der Waals surface area contributed by atoms with E-state index in [-0.39, 0.29) is 5.41 Å². The maximum Gasteiger partial charge on any atom is 0.238 e. The molecule has 4 heteroatoms. The van der Waals surface area contributed by atoms with Crippen LogP contribution >= 0.6 is 0 Å². The molecule has 0 radical (unpaired) electrons. The lowest BCUT2D eigenvalue weighted by atomic mass is 9.81. The van der Waals surface area contributed by atoms with E-state index in [9.17, 15) is 0 Å². The summed E-state index contributed by atoms with van der Waals surface area (Å²) in [7, 11) is 0. The summed E-state index contributed by atoms with van der Waals surface area (Å²) in [5, 5.41) is 2.35. The summed E-state index contributed by atoms with van der Waals surface area (Å²) in [6.45, 7) is 4.69. The van der Waals surface area contributed by atoms with Gasteiger partial charge in [-0.05, 0) is 78.9 Å². The number of nitrogens with zero attached hydrogens (tertiary/aromatic N) is 4. The molecule has 4 nitrogen and oxygen atoms in total. The third kappa shape index (κ3) is 6.10. The molecule has 0 aliphatic heterocycles. The molecule has 0 spiro atoms. The fourth-order valence-corrected chi connectivity index (χ4v) is 10.1. The Morgan fingerprint density at radius 1 is 0.344 bits per heavy atom. The van der Waals surface area contributed by atoms with Gasteiger partial charge in [-0.2, -0.15) is 9.97 Å². The highest BCUT2D eigenvalue weighted by molar-refractivity contribution is 6.13. The standard InChI is InChI=1S/C60H42N4/c1-60(2)53-30-15-13-27-48(53)50-36-37-51-49-28-14-16-31-54(49)64(56(51)55(50)60)59-62-57(61-58(63-59)52-29-12-11-25-46(52)40-20-7-4-8-21-40)42-34-32-41(33-35-42)45-24-9-10-26-47(45)44-23-17-22-43(38-44)39-18-5-3-6-19-39/h3-38H,1-2H3. The van der Waals surface area contributed by atoms with Gasteiger partial charge < -0.3 is 0 Å². The van der Waals surface area contributed by atoms with E-state index >= 15 is 0 Å². The van der Waals surface area contributed by atoms with Gasteiger partial charge in [0.1, 0.15) is 0 Å². The van der Waals surface area contributed by atoms with Gasteiger partial charge in [0.2, 0.25) is 5.95 Å². The van der Waals surface area contributed by atoms with Crippen molar-refractivity contribution in [2.24, 2.45) is 0 Å². The number of benzene rings is 9. The summed E-state index contributed by atoms with van der Waals surface area (Å²) in [6.07, 6.45) is 0. The molecule has 0 fully saturated rings. The lowest BCUT2D eigenvalue weighted by Crippen LogP contribution is -2.17. The number of hydrogen-bond donors (Lipinski definition) is 0. The molecule has 302 valence electrons. The minimum atomic E-state index is -0.259. The second-order valence-electron chi connectivity index (χ2n) is 17.2. The first kappa shape index (κ1) is 37.5. The van der Waals surface area contributed by atoms with Crippen LogP contribution in [0.25, 0.3) is 106 Å². The summed E-state index contributed by atoms with van der Waals surface area (Å²) < 4.78 is 2.30.